The van der Waals surface area contributed by atoms with Crippen LogP contribution in [0.4, 0.5) is 5.69 Å². The van der Waals surface area contributed by atoms with Gasteiger partial charge in [-0.15, -0.1) is 0 Å². The molecule has 0 spiro atoms. The SMILES string of the molecule is Cc1ccc(NS(=O)(=O)c2cc(C(=O)NCCSCc3ccc(Cl)cc3Cl)ccc2C)cc1. The Hall–Kier alpha value is -2.19. The van der Waals surface area contributed by atoms with Gasteiger partial charge in [-0.2, -0.15) is 11.8 Å². The number of hydrogen-bond acceptors (Lipinski definition) is 4. The maximum Gasteiger partial charge on any atom is 0.262 e. The lowest BCUT2D eigenvalue weighted by Crippen LogP contribution is -2.26. The molecule has 0 aliphatic carbocycles. The van der Waals surface area contributed by atoms with Crippen molar-refractivity contribution < 1.29 is 13.2 Å². The molecule has 2 N–H and O–H groups in total. The minimum Gasteiger partial charge on any atom is -0.351 e. The number of anilines is 1. The van der Waals surface area contributed by atoms with Crippen LogP contribution in [0.2, 0.25) is 10.0 Å². The van der Waals surface area contributed by atoms with Gasteiger partial charge in [-0.1, -0.05) is 53.0 Å². The summed E-state index contributed by atoms with van der Waals surface area (Å²) >= 11 is 13.7. The Balaban J connectivity index is 1.58. The first-order valence-electron chi connectivity index (χ1n) is 10.2. The van der Waals surface area contributed by atoms with E-state index < -0.39 is 10.0 Å². The van der Waals surface area contributed by atoms with Gasteiger partial charge in [0.2, 0.25) is 0 Å². The molecular weight excluding hydrogens is 499 g/mol. The molecule has 0 aromatic heterocycles. The molecular formula is C24H24Cl2N2O3S2. The van der Waals surface area contributed by atoms with Crippen LogP contribution in [0.5, 0.6) is 0 Å². The molecule has 5 nitrogen and oxygen atoms in total. The number of hydrogen-bond donors (Lipinski definition) is 2. The molecule has 3 aromatic carbocycles. The molecule has 33 heavy (non-hydrogen) atoms. The highest BCUT2D eigenvalue weighted by molar-refractivity contribution is 7.98. The largest absolute Gasteiger partial charge is 0.351 e. The summed E-state index contributed by atoms with van der Waals surface area (Å²) in [4.78, 5) is 12.7. The van der Waals surface area contributed by atoms with Crippen molar-refractivity contribution in [2.24, 2.45) is 0 Å². The zero-order valence-electron chi connectivity index (χ0n) is 18.2. The lowest BCUT2D eigenvalue weighted by molar-refractivity contribution is 0.0956. The first kappa shape index (κ1) is 25.4. The quantitative estimate of drug-likeness (QED) is 0.334. The molecule has 3 rings (SSSR count). The molecule has 0 unspecified atom stereocenters. The Bertz CT molecular complexity index is 1250. The second-order valence-corrected chi connectivity index (χ2v) is 11.1. The zero-order valence-corrected chi connectivity index (χ0v) is 21.3. The second-order valence-electron chi connectivity index (χ2n) is 7.50. The Morgan fingerprint density at radius 1 is 0.970 bits per heavy atom. The standard InChI is InChI=1S/C24H24Cl2N2O3S2/c1-16-3-9-21(10-4-16)28-33(30,31)23-13-18(6-5-17(23)2)24(29)27-11-12-32-15-19-7-8-20(25)14-22(19)26/h3-10,13-14,28H,11-12,15H2,1-2H3,(H,27,29). The maximum absolute atomic E-state index is 12.9. The fourth-order valence-corrected chi connectivity index (χ4v) is 5.77. The summed E-state index contributed by atoms with van der Waals surface area (Å²) in [6.07, 6.45) is 0. The average Bonchev–Trinajstić information content (AvgIpc) is 2.76. The number of thioether (sulfide) groups is 1. The van der Waals surface area contributed by atoms with Gasteiger partial charge in [0.1, 0.15) is 0 Å². The van der Waals surface area contributed by atoms with Crippen LogP contribution in [0.25, 0.3) is 0 Å². The first-order chi connectivity index (χ1) is 15.7. The van der Waals surface area contributed by atoms with E-state index in [9.17, 15) is 13.2 Å². The highest BCUT2D eigenvalue weighted by Gasteiger charge is 2.19. The minimum atomic E-state index is -3.84. The van der Waals surface area contributed by atoms with Crippen molar-refractivity contribution in [3.63, 3.8) is 0 Å². The number of benzene rings is 3. The van der Waals surface area contributed by atoms with E-state index >= 15 is 0 Å². The maximum atomic E-state index is 12.9. The smallest absolute Gasteiger partial charge is 0.262 e. The van der Waals surface area contributed by atoms with Crippen molar-refractivity contribution in [3.05, 3.63) is 93.0 Å². The number of carbonyl (C=O) groups excluding carboxylic acids is 1. The number of rotatable bonds is 9. The van der Waals surface area contributed by atoms with E-state index in [0.29, 0.717) is 39.3 Å². The summed E-state index contributed by atoms with van der Waals surface area (Å²) in [5.74, 6) is 1.05. The zero-order chi connectivity index (χ0) is 24.0. The van der Waals surface area contributed by atoms with E-state index in [1.54, 1.807) is 55.1 Å². The molecule has 0 radical (unpaired) electrons. The monoisotopic (exact) mass is 522 g/mol. The Morgan fingerprint density at radius 2 is 1.70 bits per heavy atom. The molecule has 9 heteroatoms. The summed E-state index contributed by atoms with van der Waals surface area (Å²) in [7, 11) is -3.84. The van der Waals surface area contributed by atoms with Crippen molar-refractivity contribution in [1.29, 1.82) is 0 Å². The third kappa shape index (κ3) is 7.14. The molecule has 0 aliphatic heterocycles. The number of amides is 1. The van der Waals surface area contributed by atoms with E-state index in [0.717, 1.165) is 11.1 Å². The van der Waals surface area contributed by atoms with Crippen LogP contribution in [0.15, 0.2) is 65.6 Å². The van der Waals surface area contributed by atoms with Crippen molar-refractivity contribution in [2.75, 3.05) is 17.0 Å². The van der Waals surface area contributed by atoms with Gasteiger partial charge in [0, 0.05) is 39.3 Å². The molecule has 0 aliphatic rings. The van der Waals surface area contributed by atoms with Crippen LogP contribution in [0.1, 0.15) is 27.0 Å². The van der Waals surface area contributed by atoms with Crippen molar-refractivity contribution >= 4 is 56.6 Å². The molecule has 0 fully saturated rings. The van der Waals surface area contributed by atoms with Crippen molar-refractivity contribution in [1.82, 2.24) is 5.32 Å². The molecule has 1 amide bonds. The highest BCUT2D eigenvalue weighted by Crippen LogP contribution is 2.25. The first-order valence-corrected chi connectivity index (χ1v) is 13.5. The summed E-state index contributed by atoms with van der Waals surface area (Å²) in [5.41, 5.74) is 3.32. The number of aryl methyl sites for hydroxylation is 2. The molecule has 0 bridgehead atoms. The summed E-state index contributed by atoms with van der Waals surface area (Å²) in [5, 5.41) is 4.04. The number of halogens is 2. The van der Waals surface area contributed by atoms with Gasteiger partial charge in [0.25, 0.3) is 15.9 Å². The third-order valence-electron chi connectivity index (χ3n) is 4.85. The summed E-state index contributed by atoms with van der Waals surface area (Å²) in [6, 6.07) is 17.1. The minimum absolute atomic E-state index is 0.0717. The lowest BCUT2D eigenvalue weighted by atomic mass is 10.1. The predicted octanol–water partition coefficient (Wildman–Crippen LogP) is 6.07. The van der Waals surface area contributed by atoms with Gasteiger partial charge in [-0.05, 0) is 61.4 Å². The fourth-order valence-electron chi connectivity index (χ4n) is 3.02. The van der Waals surface area contributed by atoms with Crippen LogP contribution in [0.3, 0.4) is 0 Å². The molecule has 0 atom stereocenters. The average molecular weight is 524 g/mol. The van der Waals surface area contributed by atoms with Crippen molar-refractivity contribution in [3.8, 4) is 0 Å². The summed E-state index contributed by atoms with van der Waals surface area (Å²) in [6.45, 7) is 4.06. The summed E-state index contributed by atoms with van der Waals surface area (Å²) < 4.78 is 28.4. The topological polar surface area (TPSA) is 75.3 Å². The Kier molecular flexibility index (Phi) is 8.70. The van der Waals surface area contributed by atoms with Crippen LogP contribution in [-0.4, -0.2) is 26.6 Å². The van der Waals surface area contributed by atoms with E-state index in [1.165, 1.54) is 6.07 Å². The van der Waals surface area contributed by atoms with E-state index in [2.05, 4.69) is 10.0 Å². The Labute approximate surface area is 208 Å². The molecule has 0 heterocycles. The number of carbonyl (C=O) groups is 1. The van der Waals surface area contributed by atoms with Gasteiger partial charge < -0.3 is 5.32 Å². The van der Waals surface area contributed by atoms with Gasteiger partial charge in [-0.25, -0.2) is 8.42 Å². The van der Waals surface area contributed by atoms with Crippen LogP contribution in [0, 0.1) is 13.8 Å². The molecule has 0 saturated heterocycles. The van der Waals surface area contributed by atoms with Crippen molar-refractivity contribution in [2.45, 2.75) is 24.5 Å². The van der Waals surface area contributed by atoms with Gasteiger partial charge in [0.15, 0.2) is 0 Å². The fraction of sp³-hybridized carbons (Fsp3) is 0.208. The Morgan fingerprint density at radius 3 is 2.39 bits per heavy atom. The molecule has 0 saturated carbocycles. The van der Waals surface area contributed by atoms with E-state index in [-0.39, 0.29) is 16.4 Å². The van der Waals surface area contributed by atoms with Crippen LogP contribution >= 0.6 is 35.0 Å². The van der Waals surface area contributed by atoms with E-state index in [4.69, 9.17) is 23.2 Å². The van der Waals surface area contributed by atoms with Gasteiger partial charge >= 0.3 is 0 Å². The van der Waals surface area contributed by atoms with Gasteiger partial charge in [-0.3, -0.25) is 9.52 Å². The second kappa shape index (κ2) is 11.3. The highest BCUT2D eigenvalue weighted by atomic mass is 35.5. The predicted molar refractivity (Wildman–Crippen MR) is 138 cm³/mol. The number of nitrogens with one attached hydrogen (secondary N) is 2. The third-order valence-corrected chi connectivity index (χ3v) is 7.97. The van der Waals surface area contributed by atoms with Crippen LogP contribution < -0.4 is 10.0 Å². The molecule has 3 aromatic rings. The lowest BCUT2D eigenvalue weighted by Gasteiger charge is -2.12. The molecule has 174 valence electrons. The normalized spacial score (nSPS) is 11.3. The van der Waals surface area contributed by atoms with Gasteiger partial charge in [0.05, 0.1) is 4.90 Å². The number of sulfonamides is 1. The van der Waals surface area contributed by atoms with Crippen LogP contribution in [-0.2, 0) is 15.8 Å². The van der Waals surface area contributed by atoms with E-state index in [1.807, 2.05) is 25.1 Å².